The van der Waals surface area contributed by atoms with Crippen molar-refractivity contribution in [3.63, 3.8) is 0 Å². The van der Waals surface area contributed by atoms with Crippen molar-refractivity contribution in [1.29, 1.82) is 0 Å². The summed E-state index contributed by atoms with van der Waals surface area (Å²) in [6, 6.07) is 6.93. The Morgan fingerprint density at radius 1 is 1.18 bits per heavy atom. The maximum Gasteiger partial charge on any atom is 0.202 e. The third-order valence-corrected chi connectivity index (χ3v) is 5.59. The quantitative estimate of drug-likeness (QED) is 0.823. The number of rotatable bonds is 6. The zero-order valence-electron chi connectivity index (χ0n) is 13.0. The van der Waals surface area contributed by atoms with Gasteiger partial charge in [0.05, 0.1) is 11.0 Å². The molecule has 6 nitrogen and oxygen atoms in total. The Morgan fingerprint density at radius 2 is 1.95 bits per heavy atom. The average Bonchev–Trinajstić information content (AvgIpc) is 2.96. The molecule has 0 fully saturated rings. The average molecular weight is 323 g/mol. The minimum atomic E-state index is -3.46. The first kappa shape index (κ1) is 16.5. The molecule has 120 valence electrons. The summed E-state index contributed by atoms with van der Waals surface area (Å²) in [5.74, 6) is 1.51. The third kappa shape index (κ3) is 3.85. The highest BCUT2D eigenvalue weighted by atomic mass is 32.2. The first-order chi connectivity index (χ1) is 10.3. The van der Waals surface area contributed by atoms with Crippen LogP contribution in [0.4, 0.5) is 5.82 Å². The molecular weight excluding hydrogens is 302 g/mol. The third-order valence-electron chi connectivity index (χ3n) is 3.21. The molecule has 2 aromatic heterocycles. The topological polar surface area (TPSA) is 85.1 Å². The van der Waals surface area contributed by atoms with Crippen LogP contribution in [-0.4, -0.2) is 29.9 Å². The molecule has 22 heavy (non-hydrogen) atoms. The minimum Gasteiger partial charge on any atom is -0.469 e. The fourth-order valence-electron chi connectivity index (χ4n) is 1.81. The second-order valence-electron chi connectivity index (χ2n) is 5.98. The molecule has 0 aromatic carbocycles. The predicted molar refractivity (Wildman–Crippen MR) is 84.5 cm³/mol. The van der Waals surface area contributed by atoms with E-state index in [1.54, 1.807) is 33.1 Å². The Kier molecular flexibility index (Phi) is 4.85. The van der Waals surface area contributed by atoms with Gasteiger partial charge in [0.2, 0.25) is 9.84 Å². The molecule has 2 heterocycles. The maximum absolute atomic E-state index is 12.2. The van der Waals surface area contributed by atoms with Crippen LogP contribution in [0.3, 0.4) is 0 Å². The lowest BCUT2D eigenvalue weighted by Gasteiger charge is -2.17. The minimum absolute atomic E-state index is 0.00105. The monoisotopic (exact) mass is 323 g/mol. The molecule has 0 saturated carbocycles. The number of anilines is 1. The van der Waals surface area contributed by atoms with Gasteiger partial charge in [0.25, 0.3) is 0 Å². The Hall–Kier alpha value is -1.89. The lowest BCUT2D eigenvalue weighted by atomic mass is 10.2. The number of furan rings is 1. The number of sulfone groups is 1. The van der Waals surface area contributed by atoms with Crippen molar-refractivity contribution in [3.05, 3.63) is 36.3 Å². The number of nitrogens with one attached hydrogen (secondary N) is 1. The van der Waals surface area contributed by atoms with E-state index < -0.39 is 14.6 Å². The van der Waals surface area contributed by atoms with E-state index in [0.29, 0.717) is 12.4 Å². The van der Waals surface area contributed by atoms with Crippen LogP contribution in [0.2, 0.25) is 0 Å². The molecule has 7 heteroatoms. The van der Waals surface area contributed by atoms with Crippen LogP contribution in [0.15, 0.2) is 40.0 Å². The summed E-state index contributed by atoms with van der Waals surface area (Å²) in [6.07, 6.45) is 3.38. The first-order valence-corrected chi connectivity index (χ1v) is 8.63. The second-order valence-corrected chi connectivity index (χ2v) is 8.63. The standard InChI is InChI=1S/C15H21N3O3S/c1-15(2,3)22(19,20)14-9-8-13(17-18-14)16-10-4-6-12-7-5-11-21-12/h5,7-9,11H,4,6,10H2,1-3H3,(H,16,17). The zero-order chi connectivity index (χ0) is 16.2. The molecule has 0 unspecified atom stereocenters. The lowest BCUT2D eigenvalue weighted by Crippen LogP contribution is -2.28. The van der Waals surface area contributed by atoms with Gasteiger partial charge in [-0.2, -0.15) is 0 Å². The summed E-state index contributed by atoms with van der Waals surface area (Å²) in [5, 5.41) is 10.9. The highest BCUT2D eigenvalue weighted by Gasteiger charge is 2.32. The van der Waals surface area contributed by atoms with E-state index in [0.717, 1.165) is 18.6 Å². The van der Waals surface area contributed by atoms with E-state index in [1.807, 2.05) is 12.1 Å². The van der Waals surface area contributed by atoms with Gasteiger partial charge in [0.1, 0.15) is 11.6 Å². The Bertz CT molecular complexity index is 687. The van der Waals surface area contributed by atoms with Crippen molar-refractivity contribution in [2.24, 2.45) is 0 Å². The summed E-state index contributed by atoms with van der Waals surface area (Å²) in [6.45, 7) is 5.64. The van der Waals surface area contributed by atoms with E-state index in [9.17, 15) is 8.42 Å². The molecule has 0 radical (unpaired) electrons. The molecule has 0 aliphatic carbocycles. The van der Waals surface area contributed by atoms with Crippen molar-refractivity contribution in [2.75, 3.05) is 11.9 Å². The van der Waals surface area contributed by atoms with Gasteiger partial charge in [0, 0.05) is 13.0 Å². The molecule has 0 aliphatic heterocycles. The molecule has 0 atom stereocenters. The molecule has 0 saturated heterocycles. The summed E-state index contributed by atoms with van der Waals surface area (Å²) >= 11 is 0. The number of aromatic nitrogens is 2. The summed E-state index contributed by atoms with van der Waals surface area (Å²) < 4.78 is 28.8. The fraction of sp³-hybridized carbons (Fsp3) is 0.467. The van der Waals surface area contributed by atoms with E-state index in [1.165, 1.54) is 6.07 Å². The van der Waals surface area contributed by atoms with Crippen LogP contribution in [0.25, 0.3) is 0 Å². The molecule has 0 spiro atoms. The van der Waals surface area contributed by atoms with Gasteiger partial charge in [-0.05, 0) is 51.5 Å². The number of nitrogens with zero attached hydrogens (tertiary/aromatic N) is 2. The van der Waals surface area contributed by atoms with E-state index in [-0.39, 0.29) is 5.03 Å². The number of hydrogen-bond acceptors (Lipinski definition) is 6. The van der Waals surface area contributed by atoms with Crippen LogP contribution in [0.5, 0.6) is 0 Å². The van der Waals surface area contributed by atoms with Gasteiger partial charge >= 0.3 is 0 Å². The lowest BCUT2D eigenvalue weighted by molar-refractivity contribution is 0.504. The van der Waals surface area contributed by atoms with Crippen molar-refractivity contribution < 1.29 is 12.8 Å². The molecule has 0 aliphatic rings. The van der Waals surface area contributed by atoms with Crippen LogP contribution < -0.4 is 5.32 Å². The van der Waals surface area contributed by atoms with E-state index >= 15 is 0 Å². The number of hydrogen-bond donors (Lipinski definition) is 1. The van der Waals surface area contributed by atoms with Crippen LogP contribution in [0, 0.1) is 0 Å². The molecular formula is C15H21N3O3S. The normalized spacial score (nSPS) is 12.3. The molecule has 0 bridgehead atoms. The van der Waals surface area contributed by atoms with Crippen LogP contribution in [0.1, 0.15) is 33.0 Å². The SMILES string of the molecule is CC(C)(C)S(=O)(=O)c1ccc(NCCCc2ccco2)nn1. The van der Waals surface area contributed by atoms with Gasteiger partial charge in [-0.15, -0.1) is 10.2 Å². The van der Waals surface area contributed by atoms with E-state index in [4.69, 9.17) is 4.42 Å². The van der Waals surface area contributed by atoms with Crippen molar-refractivity contribution in [1.82, 2.24) is 10.2 Å². The molecule has 0 amide bonds. The first-order valence-electron chi connectivity index (χ1n) is 7.15. The smallest absolute Gasteiger partial charge is 0.202 e. The van der Waals surface area contributed by atoms with Gasteiger partial charge in [-0.1, -0.05) is 0 Å². The molecule has 2 rings (SSSR count). The summed E-state index contributed by atoms with van der Waals surface area (Å²) in [7, 11) is -3.46. The summed E-state index contributed by atoms with van der Waals surface area (Å²) in [5.41, 5.74) is 0. The second kappa shape index (κ2) is 6.48. The molecule has 2 aromatic rings. The van der Waals surface area contributed by atoms with Crippen LogP contribution >= 0.6 is 0 Å². The zero-order valence-corrected chi connectivity index (χ0v) is 13.9. The van der Waals surface area contributed by atoms with Crippen LogP contribution in [-0.2, 0) is 16.3 Å². The van der Waals surface area contributed by atoms with Gasteiger partial charge in [-0.3, -0.25) is 0 Å². The molecule has 1 N–H and O–H groups in total. The predicted octanol–water partition coefficient (Wildman–Crippen LogP) is 2.69. The highest BCUT2D eigenvalue weighted by Crippen LogP contribution is 2.22. The summed E-state index contributed by atoms with van der Waals surface area (Å²) in [4.78, 5) is 0. The van der Waals surface area contributed by atoms with Crippen molar-refractivity contribution >= 4 is 15.7 Å². The van der Waals surface area contributed by atoms with Gasteiger partial charge in [0.15, 0.2) is 5.03 Å². The Labute approximate surface area is 130 Å². The fourth-order valence-corrected chi connectivity index (χ4v) is 2.83. The Balaban J connectivity index is 1.90. The highest BCUT2D eigenvalue weighted by molar-refractivity contribution is 7.92. The number of aryl methyl sites for hydroxylation is 1. The Morgan fingerprint density at radius 3 is 2.50 bits per heavy atom. The maximum atomic E-state index is 12.2. The van der Waals surface area contributed by atoms with Gasteiger partial charge < -0.3 is 9.73 Å². The van der Waals surface area contributed by atoms with Gasteiger partial charge in [-0.25, -0.2) is 8.42 Å². The largest absolute Gasteiger partial charge is 0.469 e. The van der Waals surface area contributed by atoms with Crippen molar-refractivity contribution in [3.8, 4) is 0 Å². The van der Waals surface area contributed by atoms with E-state index in [2.05, 4.69) is 15.5 Å². The van der Waals surface area contributed by atoms with Crippen molar-refractivity contribution in [2.45, 2.75) is 43.4 Å².